The molecule has 0 aromatic heterocycles. The van der Waals surface area contributed by atoms with Crippen molar-refractivity contribution < 1.29 is 14.6 Å². The summed E-state index contributed by atoms with van der Waals surface area (Å²) in [6.45, 7) is 2.70. The predicted molar refractivity (Wildman–Crippen MR) is 77.8 cm³/mol. The van der Waals surface area contributed by atoms with Crippen molar-refractivity contribution in [3.63, 3.8) is 0 Å². The number of aliphatic hydroxyl groups is 1. The van der Waals surface area contributed by atoms with Crippen LogP contribution in [0.3, 0.4) is 0 Å². The molecular weight excluding hydrogens is 252 g/mol. The summed E-state index contributed by atoms with van der Waals surface area (Å²) in [5.74, 6) is 1.57. The molecule has 1 N–H and O–H groups in total. The van der Waals surface area contributed by atoms with Crippen LogP contribution >= 0.6 is 0 Å². The molecule has 1 aliphatic carbocycles. The SMILES string of the molecule is CCC1CCCC(OC2COc3ccccc3C2O)C1. The summed E-state index contributed by atoms with van der Waals surface area (Å²) in [6.07, 6.45) is 5.51. The maximum Gasteiger partial charge on any atom is 0.125 e. The molecule has 1 saturated carbocycles. The average Bonchev–Trinajstić information content (AvgIpc) is 2.50. The molecule has 0 bridgehead atoms. The van der Waals surface area contributed by atoms with Crippen LogP contribution in [-0.4, -0.2) is 23.9 Å². The van der Waals surface area contributed by atoms with Gasteiger partial charge in [0.05, 0.1) is 6.10 Å². The lowest BCUT2D eigenvalue weighted by Gasteiger charge is -2.36. The minimum Gasteiger partial charge on any atom is -0.490 e. The van der Waals surface area contributed by atoms with Crippen LogP contribution in [0.15, 0.2) is 24.3 Å². The lowest BCUT2D eigenvalue weighted by Crippen LogP contribution is -2.37. The Labute approximate surface area is 120 Å². The normalized spacial score (nSPS) is 33.3. The summed E-state index contributed by atoms with van der Waals surface area (Å²) in [5.41, 5.74) is 0.853. The van der Waals surface area contributed by atoms with Crippen LogP contribution in [0.1, 0.15) is 50.7 Å². The first-order chi connectivity index (χ1) is 9.78. The van der Waals surface area contributed by atoms with E-state index in [9.17, 15) is 5.11 Å². The van der Waals surface area contributed by atoms with Gasteiger partial charge in [0.1, 0.15) is 24.6 Å². The number of aliphatic hydroxyl groups excluding tert-OH is 1. The van der Waals surface area contributed by atoms with Gasteiger partial charge in [0.25, 0.3) is 0 Å². The van der Waals surface area contributed by atoms with Gasteiger partial charge in [-0.05, 0) is 24.8 Å². The van der Waals surface area contributed by atoms with Crippen LogP contribution in [0.4, 0.5) is 0 Å². The minimum absolute atomic E-state index is 0.231. The van der Waals surface area contributed by atoms with Crippen molar-refractivity contribution in [3.05, 3.63) is 29.8 Å². The second-order valence-electron chi connectivity index (χ2n) is 6.03. The first kappa shape index (κ1) is 13.9. The van der Waals surface area contributed by atoms with Crippen LogP contribution in [-0.2, 0) is 4.74 Å². The predicted octanol–water partition coefficient (Wildman–Crippen LogP) is 3.47. The summed E-state index contributed by atoms with van der Waals surface area (Å²) < 4.78 is 11.9. The fourth-order valence-electron chi connectivity index (χ4n) is 3.42. The minimum atomic E-state index is -0.568. The van der Waals surface area contributed by atoms with Gasteiger partial charge < -0.3 is 14.6 Å². The Morgan fingerprint density at radius 3 is 3.00 bits per heavy atom. The van der Waals surface area contributed by atoms with E-state index in [2.05, 4.69) is 6.92 Å². The van der Waals surface area contributed by atoms with Gasteiger partial charge >= 0.3 is 0 Å². The molecule has 0 radical (unpaired) electrons. The summed E-state index contributed by atoms with van der Waals surface area (Å²) >= 11 is 0. The van der Waals surface area contributed by atoms with E-state index in [4.69, 9.17) is 9.47 Å². The smallest absolute Gasteiger partial charge is 0.125 e. The highest BCUT2D eigenvalue weighted by atomic mass is 16.6. The van der Waals surface area contributed by atoms with Gasteiger partial charge in [-0.2, -0.15) is 0 Å². The monoisotopic (exact) mass is 276 g/mol. The number of rotatable bonds is 3. The Morgan fingerprint density at radius 1 is 1.30 bits per heavy atom. The number of benzene rings is 1. The Balaban J connectivity index is 1.64. The third-order valence-electron chi connectivity index (χ3n) is 4.67. The molecule has 1 aromatic rings. The average molecular weight is 276 g/mol. The van der Waals surface area contributed by atoms with E-state index < -0.39 is 6.10 Å². The van der Waals surface area contributed by atoms with Crippen LogP contribution in [0.2, 0.25) is 0 Å². The molecule has 3 nitrogen and oxygen atoms in total. The molecule has 3 heteroatoms. The number of fused-ring (bicyclic) bond motifs is 1. The van der Waals surface area contributed by atoms with Crippen molar-refractivity contribution >= 4 is 0 Å². The number of hydrogen-bond donors (Lipinski definition) is 1. The van der Waals surface area contributed by atoms with Crippen LogP contribution in [0, 0.1) is 5.92 Å². The maximum absolute atomic E-state index is 10.5. The van der Waals surface area contributed by atoms with Crippen molar-refractivity contribution in [3.8, 4) is 5.75 Å². The Bertz CT molecular complexity index is 446. The van der Waals surface area contributed by atoms with Crippen LogP contribution < -0.4 is 4.74 Å². The molecule has 1 aromatic carbocycles. The van der Waals surface area contributed by atoms with Crippen molar-refractivity contribution in [2.45, 2.75) is 57.3 Å². The van der Waals surface area contributed by atoms with E-state index in [1.54, 1.807) is 0 Å². The topological polar surface area (TPSA) is 38.7 Å². The number of para-hydroxylation sites is 1. The van der Waals surface area contributed by atoms with E-state index in [-0.39, 0.29) is 12.2 Å². The van der Waals surface area contributed by atoms with Crippen molar-refractivity contribution in [1.82, 2.24) is 0 Å². The first-order valence-corrected chi connectivity index (χ1v) is 7.83. The molecular formula is C17H24O3. The van der Waals surface area contributed by atoms with E-state index in [0.29, 0.717) is 6.61 Å². The Kier molecular flexibility index (Phi) is 4.27. The number of hydrogen-bond acceptors (Lipinski definition) is 3. The van der Waals surface area contributed by atoms with Gasteiger partial charge in [-0.1, -0.05) is 44.4 Å². The van der Waals surface area contributed by atoms with Crippen LogP contribution in [0.25, 0.3) is 0 Å². The summed E-state index contributed by atoms with van der Waals surface area (Å²) in [4.78, 5) is 0. The third kappa shape index (κ3) is 2.84. The summed E-state index contributed by atoms with van der Waals surface area (Å²) in [6, 6.07) is 7.69. The van der Waals surface area contributed by atoms with E-state index in [1.807, 2.05) is 24.3 Å². The highest BCUT2D eigenvalue weighted by Crippen LogP contribution is 2.36. The zero-order chi connectivity index (χ0) is 13.9. The molecule has 4 atom stereocenters. The van der Waals surface area contributed by atoms with Gasteiger partial charge in [0.2, 0.25) is 0 Å². The first-order valence-electron chi connectivity index (χ1n) is 7.83. The van der Waals surface area contributed by atoms with E-state index in [0.717, 1.165) is 30.1 Å². The Morgan fingerprint density at radius 2 is 2.15 bits per heavy atom. The highest BCUT2D eigenvalue weighted by Gasteiger charge is 2.33. The molecule has 3 rings (SSSR count). The molecule has 0 amide bonds. The van der Waals surface area contributed by atoms with Gasteiger partial charge in [-0.25, -0.2) is 0 Å². The molecule has 0 saturated heterocycles. The van der Waals surface area contributed by atoms with E-state index >= 15 is 0 Å². The highest BCUT2D eigenvalue weighted by molar-refractivity contribution is 5.37. The molecule has 1 heterocycles. The molecule has 2 aliphatic rings. The van der Waals surface area contributed by atoms with Crippen molar-refractivity contribution in [1.29, 1.82) is 0 Å². The molecule has 4 unspecified atom stereocenters. The molecule has 20 heavy (non-hydrogen) atoms. The standard InChI is InChI=1S/C17H24O3/c1-2-12-6-5-7-13(10-12)20-16-11-19-15-9-4-3-8-14(15)17(16)18/h3-4,8-9,12-13,16-18H,2,5-7,10-11H2,1H3. The van der Waals surface area contributed by atoms with Crippen molar-refractivity contribution in [2.75, 3.05) is 6.61 Å². The largest absolute Gasteiger partial charge is 0.490 e. The van der Waals surface area contributed by atoms with Gasteiger partial charge in [-0.15, -0.1) is 0 Å². The fraction of sp³-hybridized carbons (Fsp3) is 0.647. The quantitative estimate of drug-likeness (QED) is 0.918. The van der Waals surface area contributed by atoms with E-state index in [1.165, 1.54) is 19.3 Å². The summed E-state index contributed by atoms with van der Waals surface area (Å²) in [5, 5.41) is 10.5. The molecule has 0 spiro atoms. The second kappa shape index (κ2) is 6.15. The number of ether oxygens (including phenoxy) is 2. The molecule has 1 fully saturated rings. The van der Waals surface area contributed by atoms with Crippen molar-refractivity contribution in [2.24, 2.45) is 5.92 Å². The van der Waals surface area contributed by atoms with Gasteiger partial charge in [0, 0.05) is 5.56 Å². The molecule has 1 aliphatic heterocycles. The Hall–Kier alpha value is -1.06. The zero-order valence-corrected chi connectivity index (χ0v) is 12.1. The van der Waals surface area contributed by atoms with Crippen LogP contribution in [0.5, 0.6) is 5.75 Å². The third-order valence-corrected chi connectivity index (χ3v) is 4.67. The zero-order valence-electron chi connectivity index (χ0n) is 12.1. The summed E-state index contributed by atoms with van der Waals surface area (Å²) in [7, 11) is 0. The fourth-order valence-corrected chi connectivity index (χ4v) is 3.42. The lowest BCUT2D eigenvalue weighted by atomic mass is 9.85. The second-order valence-corrected chi connectivity index (χ2v) is 6.03. The van der Waals surface area contributed by atoms with Gasteiger partial charge in [0.15, 0.2) is 0 Å². The molecule has 110 valence electrons. The van der Waals surface area contributed by atoms with Gasteiger partial charge in [-0.3, -0.25) is 0 Å². The lowest BCUT2D eigenvalue weighted by molar-refractivity contribution is -0.118. The maximum atomic E-state index is 10.5.